The zero-order valence-electron chi connectivity index (χ0n) is 18.0. The lowest BCUT2D eigenvalue weighted by Crippen LogP contribution is -2.35. The number of nitrogens with one attached hydrogen (secondary N) is 1. The van der Waals surface area contributed by atoms with E-state index in [-0.39, 0.29) is 23.7 Å². The summed E-state index contributed by atoms with van der Waals surface area (Å²) in [7, 11) is 0. The van der Waals surface area contributed by atoms with Crippen molar-refractivity contribution in [1.82, 2.24) is 19.8 Å². The Kier molecular flexibility index (Phi) is 5.54. The summed E-state index contributed by atoms with van der Waals surface area (Å²) in [5, 5.41) is 13.6. The number of rotatable bonds is 5. The predicted molar refractivity (Wildman–Crippen MR) is 125 cm³/mol. The third-order valence-electron chi connectivity index (χ3n) is 5.83. The minimum absolute atomic E-state index is 0.0231. The topological polar surface area (TPSA) is 70.4 Å². The van der Waals surface area contributed by atoms with Gasteiger partial charge in [-0.15, -0.1) is 0 Å². The minimum Gasteiger partial charge on any atom is -0.478 e. The van der Waals surface area contributed by atoms with E-state index in [0.29, 0.717) is 5.11 Å². The van der Waals surface area contributed by atoms with Crippen LogP contribution in [0, 0.1) is 13.8 Å². The van der Waals surface area contributed by atoms with Crippen LogP contribution in [-0.2, 0) is 0 Å². The first kappa shape index (κ1) is 21.1. The fourth-order valence-electron chi connectivity index (χ4n) is 4.52. The Hall–Kier alpha value is -3.19. The second-order valence-electron chi connectivity index (χ2n) is 8.14. The molecule has 0 spiro atoms. The first-order chi connectivity index (χ1) is 14.8. The number of benzene rings is 1. The Bertz CT molecular complexity index is 1140. The summed E-state index contributed by atoms with van der Waals surface area (Å²) in [5.41, 5.74) is 5.29. The largest absolute Gasteiger partial charge is 0.478 e. The molecule has 1 aliphatic heterocycles. The molecule has 0 saturated carbocycles. The Morgan fingerprint density at radius 3 is 2.58 bits per heavy atom. The summed E-state index contributed by atoms with van der Waals surface area (Å²) in [5.74, 6) is -0.934. The van der Waals surface area contributed by atoms with Gasteiger partial charge in [0.2, 0.25) is 0 Å². The van der Waals surface area contributed by atoms with E-state index in [4.69, 9.17) is 12.2 Å². The minimum atomic E-state index is -0.934. The number of carbonyl (C=O) groups is 1. The van der Waals surface area contributed by atoms with Gasteiger partial charge in [-0.05, 0) is 81.9 Å². The van der Waals surface area contributed by atoms with Crippen molar-refractivity contribution in [3.8, 4) is 5.69 Å². The van der Waals surface area contributed by atoms with Gasteiger partial charge in [-0.3, -0.25) is 4.98 Å². The van der Waals surface area contributed by atoms with Crippen molar-refractivity contribution < 1.29 is 9.90 Å². The Morgan fingerprint density at radius 1 is 1.16 bits per heavy atom. The maximum atomic E-state index is 11.5. The van der Waals surface area contributed by atoms with Gasteiger partial charge in [0, 0.05) is 29.3 Å². The fraction of sp³-hybridized carbons (Fsp3) is 0.292. The molecule has 160 valence electrons. The van der Waals surface area contributed by atoms with Crippen molar-refractivity contribution in [2.45, 2.75) is 45.8 Å². The van der Waals surface area contributed by atoms with Crippen LogP contribution < -0.4 is 5.32 Å². The molecule has 3 heterocycles. The van der Waals surface area contributed by atoms with E-state index < -0.39 is 5.97 Å². The fourth-order valence-corrected chi connectivity index (χ4v) is 4.97. The van der Waals surface area contributed by atoms with Gasteiger partial charge >= 0.3 is 5.97 Å². The van der Waals surface area contributed by atoms with Gasteiger partial charge in [0.25, 0.3) is 0 Å². The molecule has 0 bridgehead atoms. The lowest BCUT2D eigenvalue weighted by molar-refractivity contribution is 0.0697. The van der Waals surface area contributed by atoms with Crippen LogP contribution in [0.4, 0.5) is 0 Å². The van der Waals surface area contributed by atoms with E-state index in [2.05, 4.69) is 46.6 Å². The number of aromatic nitrogens is 2. The van der Waals surface area contributed by atoms with Crippen LogP contribution >= 0.6 is 12.2 Å². The number of nitrogens with zero attached hydrogens (tertiary/aromatic N) is 3. The van der Waals surface area contributed by atoms with E-state index in [1.165, 1.54) is 0 Å². The average molecular weight is 435 g/mol. The maximum absolute atomic E-state index is 11.5. The number of aromatic carboxylic acids is 1. The van der Waals surface area contributed by atoms with Crippen LogP contribution in [0.1, 0.15) is 58.9 Å². The van der Waals surface area contributed by atoms with E-state index in [1.807, 2.05) is 31.2 Å². The molecular formula is C24H26N4O2S. The number of aryl methyl sites for hydroxylation is 1. The molecule has 0 aliphatic carbocycles. The molecule has 2 aromatic heterocycles. The molecule has 4 rings (SSSR count). The third kappa shape index (κ3) is 3.70. The van der Waals surface area contributed by atoms with Crippen molar-refractivity contribution in [3.63, 3.8) is 0 Å². The lowest BCUT2D eigenvalue weighted by Gasteiger charge is -2.31. The first-order valence-corrected chi connectivity index (χ1v) is 10.7. The van der Waals surface area contributed by atoms with Gasteiger partial charge in [-0.2, -0.15) is 0 Å². The smallest absolute Gasteiger partial charge is 0.335 e. The van der Waals surface area contributed by atoms with Gasteiger partial charge < -0.3 is 19.9 Å². The van der Waals surface area contributed by atoms with E-state index in [1.54, 1.807) is 24.4 Å². The summed E-state index contributed by atoms with van der Waals surface area (Å²) in [6.07, 6.45) is 1.80. The summed E-state index contributed by atoms with van der Waals surface area (Å²) in [4.78, 5) is 18.3. The number of pyridine rings is 1. The number of carboxylic acids is 1. The van der Waals surface area contributed by atoms with Gasteiger partial charge in [0.1, 0.15) is 0 Å². The molecule has 31 heavy (non-hydrogen) atoms. The standard InChI is InChI=1S/C24H26N4O2S/c1-14(2)27-22(21(26-24(27)31)20-10-5-6-11-25-20)19-12-15(3)28(16(19)4)18-9-7-8-17(13-18)23(29)30/h5-14,21-22H,1-4H3,(H,26,31)(H,29,30)/t21-,22-/m0/s1. The molecule has 0 unspecified atom stereocenters. The van der Waals surface area contributed by atoms with Gasteiger partial charge in [0.15, 0.2) is 5.11 Å². The number of carboxylic acid groups (broad SMARTS) is 1. The predicted octanol–water partition coefficient (Wildman–Crippen LogP) is 4.57. The van der Waals surface area contributed by atoms with Gasteiger partial charge in [-0.25, -0.2) is 4.79 Å². The molecule has 3 aromatic rings. The normalized spacial score (nSPS) is 18.5. The zero-order valence-corrected chi connectivity index (χ0v) is 18.9. The molecule has 7 heteroatoms. The van der Waals surface area contributed by atoms with Crippen LogP contribution in [0.5, 0.6) is 0 Å². The quantitative estimate of drug-likeness (QED) is 0.574. The lowest BCUT2D eigenvalue weighted by atomic mass is 9.96. The number of hydrogen-bond acceptors (Lipinski definition) is 3. The number of thiocarbonyl (C=S) groups is 1. The maximum Gasteiger partial charge on any atom is 0.335 e. The van der Waals surface area contributed by atoms with E-state index >= 15 is 0 Å². The van der Waals surface area contributed by atoms with Crippen LogP contribution in [-0.4, -0.2) is 36.7 Å². The second-order valence-corrected chi connectivity index (χ2v) is 8.53. The highest BCUT2D eigenvalue weighted by atomic mass is 32.1. The highest BCUT2D eigenvalue weighted by Crippen LogP contribution is 2.42. The average Bonchev–Trinajstić information content (AvgIpc) is 3.24. The highest BCUT2D eigenvalue weighted by molar-refractivity contribution is 7.80. The molecule has 1 saturated heterocycles. The van der Waals surface area contributed by atoms with Crippen LogP contribution in [0.2, 0.25) is 0 Å². The van der Waals surface area contributed by atoms with Crippen LogP contribution in [0.15, 0.2) is 54.7 Å². The third-order valence-corrected chi connectivity index (χ3v) is 6.16. The van der Waals surface area contributed by atoms with Crippen LogP contribution in [0.25, 0.3) is 5.69 Å². The van der Waals surface area contributed by atoms with Crippen LogP contribution in [0.3, 0.4) is 0 Å². The summed E-state index contributed by atoms with van der Waals surface area (Å²) in [6.45, 7) is 8.39. The van der Waals surface area contributed by atoms with Gasteiger partial charge in [0.05, 0.1) is 23.3 Å². The molecule has 0 amide bonds. The highest BCUT2D eigenvalue weighted by Gasteiger charge is 2.42. The van der Waals surface area contributed by atoms with E-state index in [9.17, 15) is 9.90 Å². The van der Waals surface area contributed by atoms with Gasteiger partial charge in [-0.1, -0.05) is 12.1 Å². The first-order valence-electron chi connectivity index (χ1n) is 10.3. The molecule has 1 aliphatic rings. The Labute approximate surface area is 187 Å². The summed E-state index contributed by atoms with van der Waals surface area (Å²) in [6, 6.07) is 15.2. The molecule has 2 atom stereocenters. The zero-order chi connectivity index (χ0) is 22.3. The van der Waals surface area contributed by atoms with Crippen molar-refractivity contribution in [2.24, 2.45) is 0 Å². The van der Waals surface area contributed by atoms with Crippen molar-refractivity contribution >= 4 is 23.3 Å². The van der Waals surface area contributed by atoms with Crippen molar-refractivity contribution in [2.75, 3.05) is 0 Å². The molecular weight excluding hydrogens is 408 g/mol. The molecule has 2 N–H and O–H groups in total. The Morgan fingerprint density at radius 2 is 1.94 bits per heavy atom. The van der Waals surface area contributed by atoms with Crippen molar-refractivity contribution in [3.05, 3.63) is 82.9 Å². The SMILES string of the molecule is Cc1cc([C@H]2[C@H](c3ccccn3)NC(=S)N2C(C)C)c(C)n1-c1cccc(C(=O)O)c1. The molecule has 1 aromatic carbocycles. The molecule has 6 nitrogen and oxygen atoms in total. The molecule has 1 fully saturated rings. The van der Waals surface area contributed by atoms with Crippen molar-refractivity contribution in [1.29, 1.82) is 0 Å². The summed E-state index contributed by atoms with van der Waals surface area (Å²) < 4.78 is 2.11. The molecule has 0 radical (unpaired) electrons. The Balaban J connectivity index is 1.85. The van der Waals surface area contributed by atoms with E-state index in [0.717, 1.165) is 28.3 Å². The monoisotopic (exact) mass is 434 g/mol. The summed E-state index contributed by atoms with van der Waals surface area (Å²) >= 11 is 5.71. The second kappa shape index (κ2) is 8.15. The number of hydrogen-bond donors (Lipinski definition) is 2.